The van der Waals surface area contributed by atoms with E-state index in [0.29, 0.717) is 12.4 Å². The number of fused-ring (bicyclic) bond motifs is 1. The number of carbonyl (C=O) groups excluding carboxylic acids is 1. The van der Waals surface area contributed by atoms with Gasteiger partial charge in [-0.1, -0.05) is 37.6 Å². The fraction of sp³-hybridized carbons (Fsp3) is 0.238. The maximum atomic E-state index is 12.3. The predicted molar refractivity (Wildman–Crippen MR) is 108 cm³/mol. The van der Waals surface area contributed by atoms with Crippen molar-refractivity contribution >= 4 is 34.3 Å². The summed E-state index contributed by atoms with van der Waals surface area (Å²) >= 11 is 1.49. The van der Waals surface area contributed by atoms with Crippen LogP contribution in [0.25, 0.3) is 10.9 Å². The molecule has 0 fully saturated rings. The second-order valence-corrected chi connectivity index (χ2v) is 6.92. The zero-order valence-corrected chi connectivity index (χ0v) is 15.6. The van der Waals surface area contributed by atoms with Crippen molar-refractivity contribution in [3.8, 4) is 5.75 Å². The molecule has 1 amide bonds. The highest BCUT2D eigenvalue weighted by atomic mass is 32.2. The molecule has 0 saturated heterocycles. The Morgan fingerprint density at radius 2 is 2.00 bits per heavy atom. The van der Waals surface area contributed by atoms with Crippen molar-refractivity contribution in [2.75, 3.05) is 17.7 Å². The Kier molecular flexibility index (Phi) is 6.50. The van der Waals surface area contributed by atoms with Gasteiger partial charge in [-0.25, -0.2) is 0 Å². The van der Waals surface area contributed by atoms with Gasteiger partial charge in [0.15, 0.2) is 0 Å². The Morgan fingerprint density at radius 3 is 2.88 bits per heavy atom. The van der Waals surface area contributed by atoms with E-state index in [-0.39, 0.29) is 5.91 Å². The molecule has 0 bridgehead atoms. The molecule has 1 N–H and O–H groups in total. The minimum Gasteiger partial charge on any atom is -0.494 e. The van der Waals surface area contributed by atoms with E-state index >= 15 is 0 Å². The van der Waals surface area contributed by atoms with Crippen LogP contribution in [-0.2, 0) is 4.79 Å². The van der Waals surface area contributed by atoms with Gasteiger partial charge in [0.2, 0.25) is 5.91 Å². The molecular formula is C21H22N2O2S. The third kappa shape index (κ3) is 4.99. The molecule has 1 aromatic heterocycles. The first kappa shape index (κ1) is 18.3. The molecule has 0 radical (unpaired) electrons. The van der Waals surface area contributed by atoms with Gasteiger partial charge < -0.3 is 10.1 Å². The Labute approximate surface area is 158 Å². The van der Waals surface area contributed by atoms with E-state index < -0.39 is 0 Å². The molecule has 134 valence electrons. The highest BCUT2D eigenvalue weighted by molar-refractivity contribution is 8.00. The smallest absolute Gasteiger partial charge is 0.234 e. The monoisotopic (exact) mass is 366 g/mol. The first-order chi connectivity index (χ1) is 12.8. The second-order valence-electron chi connectivity index (χ2n) is 5.90. The van der Waals surface area contributed by atoms with E-state index in [0.717, 1.165) is 40.1 Å². The van der Waals surface area contributed by atoms with Crippen LogP contribution in [0.5, 0.6) is 5.75 Å². The number of ether oxygens (including phenoxy) is 1. The van der Waals surface area contributed by atoms with Crippen molar-refractivity contribution in [2.24, 2.45) is 0 Å². The number of anilines is 1. The van der Waals surface area contributed by atoms with Crippen LogP contribution in [0.1, 0.15) is 19.8 Å². The van der Waals surface area contributed by atoms with Crippen LogP contribution >= 0.6 is 11.8 Å². The molecular weight excluding hydrogens is 344 g/mol. The highest BCUT2D eigenvalue weighted by Crippen LogP contribution is 2.26. The number of thioether (sulfide) groups is 1. The molecule has 5 heteroatoms. The van der Waals surface area contributed by atoms with Crippen LogP contribution in [0.4, 0.5) is 5.69 Å². The summed E-state index contributed by atoms with van der Waals surface area (Å²) in [6, 6.07) is 17.5. The molecule has 0 aliphatic carbocycles. The highest BCUT2D eigenvalue weighted by Gasteiger charge is 2.07. The van der Waals surface area contributed by atoms with Crippen LogP contribution < -0.4 is 10.1 Å². The van der Waals surface area contributed by atoms with Gasteiger partial charge in [-0.2, -0.15) is 0 Å². The van der Waals surface area contributed by atoms with Crippen molar-refractivity contribution in [1.82, 2.24) is 4.98 Å². The summed E-state index contributed by atoms with van der Waals surface area (Å²) < 4.78 is 5.68. The van der Waals surface area contributed by atoms with Crippen LogP contribution in [0.2, 0.25) is 0 Å². The lowest BCUT2D eigenvalue weighted by atomic mass is 10.2. The zero-order chi connectivity index (χ0) is 18.2. The third-order valence-electron chi connectivity index (χ3n) is 3.84. The van der Waals surface area contributed by atoms with Crippen LogP contribution in [0.15, 0.2) is 65.7 Å². The number of hydrogen-bond donors (Lipinski definition) is 1. The van der Waals surface area contributed by atoms with Gasteiger partial charge in [-0.15, -0.1) is 11.8 Å². The summed E-state index contributed by atoms with van der Waals surface area (Å²) in [5.74, 6) is 1.06. The Balaban J connectivity index is 1.58. The van der Waals surface area contributed by atoms with Crippen molar-refractivity contribution in [3.05, 3.63) is 60.8 Å². The number of aromatic nitrogens is 1. The number of nitrogens with zero attached hydrogens (tertiary/aromatic N) is 1. The van der Waals surface area contributed by atoms with Gasteiger partial charge in [-0.3, -0.25) is 9.78 Å². The fourth-order valence-corrected chi connectivity index (χ4v) is 3.37. The lowest BCUT2D eigenvalue weighted by Crippen LogP contribution is -2.14. The molecule has 1 heterocycles. The largest absolute Gasteiger partial charge is 0.494 e. The lowest BCUT2D eigenvalue weighted by molar-refractivity contribution is -0.113. The van der Waals surface area contributed by atoms with Crippen molar-refractivity contribution < 1.29 is 9.53 Å². The third-order valence-corrected chi connectivity index (χ3v) is 4.89. The standard InChI is InChI=1S/C21H22N2O2S/c1-2-3-13-25-18-10-5-9-17(14-18)23-20(24)15-26-19-11-4-7-16-8-6-12-22-21(16)19/h4-12,14H,2-3,13,15H2,1H3,(H,23,24). The number of carbonyl (C=O) groups is 1. The van der Waals surface area contributed by atoms with E-state index in [2.05, 4.69) is 17.2 Å². The van der Waals surface area contributed by atoms with E-state index in [1.54, 1.807) is 6.20 Å². The van der Waals surface area contributed by atoms with Gasteiger partial charge in [0, 0.05) is 28.2 Å². The number of para-hydroxylation sites is 1. The molecule has 0 atom stereocenters. The number of nitrogens with one attached hydrogen (secondary N) is 1. The number of amides is 1. The minimum atomic E-state index is -0.0476. The SMILES string of the molecule is CCCCOc1cccc(NC(=O)CSc2cccc3cccnc23)c1. The number of rotatable bonds is 8. The van der Waals surface area contributed by atoms with Gasteiger partial charge in [0.25, 0.3) is 0 Å². The van der Waals surface area contributed by atoms with Crippen LogP contribution in [0.3, 0.4) is 0 Å². The summed E-state index contributed by atoms with van der Waals surface area (Å²) in [5.41, 5.74) is 1.68. The molecule has 2 aromatic carbocycles. The number of pyridine rings is 1. The predicted octanol–water partition coefficient (Wildman–Crippen LogP) is 5.14. The van der Waals surface area contributed by atoms with E-state index in [1.165, 1.54) is 11.8 Å². The fourth-order valence-electron chi connectivity index (χ4n) is 2.53. The maximum Gasteiger partial charge on any atom is 0.234 e. The molecule has 0 saturated carbocycles. The molecule has 0 aliphatic rings. The molecule has 3 aromatic rings. The molecule has 0 unspecified atom stereocenters. The first-order valence-corrected chi connectivity index (χ1v) is 9.74. The van der Waals surface area contributed by atoms with Crippen molar-refractivity contribution in [2.45, 2.75) is 24.7 Å². The van der Waals surface area contributed by atoms with Gasteiger partial charge in [0.05, 0.1) is 17.9 Å². The Morgan fingerprint density at radius 1 is 1.15 bits per heavy atom. The topological polar surface area (TPSA) is 51.2 Å². The minimum absolute atomic E-state index is 0.0476. The molecule has 0 spiro atoms. The average Bonchev–Trinajstić information content (AvgIpc) is 2.67. The number of hydrogen-bond acceptors (Lipinski definition) is 4. The van der Waals surface area contributed by atoms with E-state index in [1.807, 2.05) is 54.6 Å². The summed E-state index contributed by atoms with van der Waals surface area (Å²) in [6.07, 6.45) is 3.89. The summed E-state index contributed by atoms with van der Waals surface area (Å²) in [7, 11) is 0. The van der Waals surface area contributed by atoms with E-state index in [4.69, 9.17) is 4.74 Å². The van der Waals surface area contributed by atoms with Gasteiger partial charge >= 0.3 is 0 Å². The second kappa shape index (κ2) is 9.25. The summed E-state index contributed by atoms with van der Waals surface area (Å²) in [5, 5.41) is 4.01. The Hall–Kier alpha value is -2.53. The van der Waals surface area contributed by atoms with Gasteiger partial charge in [0.1, 0.15) is 5.75 Å². The van der Waals surface area contributed by atoms with Gasteiger partial charge in [-0.05, 0) is 30.7 Å². The lowest BCUT2D eigenvalue weighted by Gasteiger charge is -2.09. The first-order valence-electron chi connectivity index (χ1n) is 8.75. The quantitative estimate of drug-likeness (QED) is 0.443. The van der Waals surface area contributed by atoms with Crippen LogP contribution in [-0.4, -0.2) is 23.3 Å². The molecule has 3 rings (SSSR count). The average molecular weight is 366 g/mol. The van der Waals surface area contributed by atoms with Crippen molar-refractivity contribution in [3.63, 3.8) is 0 Å². The summed E-state index contributed by atoms with van der Waals surface area (Å²) in [6.45, 7) is 2.82. The number of unbranched alkanes of at least 4 members (excludes halogenated alkanes) is 1. The molecule has 4 nitrogen and oxygen atoms in total. The Bertz CT molecular complexity index is 877. The molecule has 0 aliphatic heterocycles. The van der Waals surface area contributed by atoms with Crippen LogP contribution in [0, 0.1) is 0 Å². The zero-order valence-electron chi connectivity index (χ0n) is 14.8. The molecule has 26 heavy (non-hydrogen) atoms. The summed E-state index contributed by atoms with van der Waals surface area (Å²) in [4.78, 5) is 17.7. The normalized spacial score (nSPS) is 10.7. The van der Waals surface area contributed by atoms with E-state index in [9.17, 15) is 4.79 Å². The maximum absolute atomic E-state index is 12.3. The van der Waals surface area contributed by atoms with Crippen molar-refractivity contribution in [1.29, 1.82) is 0 Å². The number of benzene rings is 2.